The maximum absolute atomic E-state index is 10.1. The first-order valence-corrected chi connectivity index (χ1v) is 10.1. The van der Waals surface area contributed by atoms with Crippen LogP contribution in [0.3, 0.4) is 0 Å². The predicted octanol–water partition coefficient (Wildman–Crippen LogP) is 1.51. The maximum atomic E-state index is 10.1. The number of rotatable bonds is 3. The zero-order valence-corrected chi connectivity index (χ0v) is 17.0. The summed E-state index contributed by atoms with van der Waals surface area (Å²) in [7, 11) is 0. The first-order valence-electron chi connectivity index (χ1n) is 10.1. The zero-order chi connectivity index (χ0) is 22.1. The van der Waals surface area contributed by atoms with E-state index >= 15 is 0 Å². The molecule has 32 heavy (non-hydrogen) atoms. The van der Waals surface area contributed by atoms with Crippen molar-refractivity contribution in [2.75, 3.05) is 12.3 Å². The van der Waals surface area contributed by atoms with E-state index < -0.39 is 18.4 Å². The van der Waals surface area contributed by atoms with E-state index in [0.29, 0.717) is 34.5 Å². The van der Waals surface area contributed by atoms with Gasteiger partial charge in [-0.2, -0.15) is 0 Å². The van der Waals surface area contributed by atoms with Gasteiger partial charge in [-0.25, -0.2) is 15.0 Å². The van der Waals surface area contributed by atoms with Crippen LogP contribution in [0.1, 0.15) is 23.9 Å². The minimum Gasteiger partial charge on any atom is -0.394 e. The molecule has 1 saturated heterocycles. The third-order valence-corrected chi connectivity index (χ3v) is 5.33. The van der Waals surface area contributed by atoms with Gasteiger partial charge in [-0.1, -0.05) is 18.1 Å². The minimum absolute atomic E-state index is 0.265. The van der Waals surface area contributed by atoms with E-state index in [1.807, 2.05) is 36.4 Å². The lowest BCUT2D eigenvalue weighted by atomic mass is 10.2. The quantitative estimate of drug-likeness (QED) is 0.418. The lowest BCUT2D eigenvalue weighted by Gasteiger charge is -2.14. The van der Waals surface area contributed by atoms with E-state index in [0.717, 1.165) is 11.4 Å². The highest BCUT2D eigenvalue weighted by Crippen LogP contribution is 2.33. The van der Waals surface area contributed by atoms with Crippen LogP contribution in [0, 0.1) is 11.8 Å². The van der Waals surface area contributed by atoms with E-state index in [-0.39, 0.29) is 6.61 Å². The number of fused-ring (bicyclic) bond motifs is 1. The topological polar surface area (TPSA) is 132 Å². The summed E-state index contributed by atoms with van der Waals surface area (Å²) in [4.78, 5) is 17.4. The highest BCUT2D eigenvalue weighted by atomic mass is 16.5. The number of nitrogen functional groups attached to an aromatic ring is 1. The van der Waals surface area contributed by atoms with Crippen molar-refractivity contribution < 1.29 is 14.9 Å². The van der Waals surface area contributed by atoms with Crippen molar-refractivity contribution in [3.63, 3.8) is 0 Å². The van der Waals surface area contributed by atoms with Gasteiger partial charge in [0, 0.05) is 18.8 Å². The molecule has 9 nitrogen and oxygen atoms in total. The van der Waals surface area contributed by atoms with Crippen molar-refractivity contribution in [1.82, 2.24) is 24.5 Å². The van der Waals surface area contributed by atoms with Gasteiger partial charge in [0.25, 0.3) is 0 Å². The number of nitrogens with two attached hydrogens (primary N) is 1. The van der Waals surface area contributed by atoms with Crippen molar-refractivity contribution in [3.05, 3.63) is 66.4 Å². The summed E-state index contributed by atoms with van der Waals surface area (Å²) in [5.74, 6) is 6.50. The molecule has 9 heteroatoms. The van der Waals surface area contributed by atoms with E-state index in [9.17, 15) is 10.2 Å². The molecule has 0 aliphatic carbocycles. The number of nitrogens with zero attached hydrogens (tertiary/aromatic N) is 5. The zero-order valence-electron chi connectivity index (χ0n) is 17.0. The van der Waals surface area contributed by atoms with E-state index in [1.165, 1.54) is 6.33 Å². The Morgan fingerprint density at radius 3 is 2.75 bits per heavy atom. The molecule has 0 spiro atoms. The average Bonchev–Trinajstić information content (AvgIpc) is 3.39. The second-order valence-electron chi connectivity index (χ2n) is 7.40. The smallest absolute Gasteiger partial charge is 0.148 e. The first kappa shape index (κ1) is 20.1. The third kappa shape index (κ3) is 3.67. The van der Waals surface area contributed by atoms with Crippen molar-refractivity contribution in [1.29, 1.82) is 0 Å². The maximum Gasteiger partial charge on any atom is 0.148 e. The highest BCUT2D eigenvalue weighted by molar-refractivity contribution is 5.92. The number of aliphatic hydroxyl groups is 2. The van der Waals surface area contributed by atoms with Crippen LogP contribution in [0.2, 0.25) is 0 Å². The van der Waals surface area contributed by atoms with Crippen molar-refractivity contribution >= 4 is 16.9 Å². The molecule has 0 aromatic carbocycles. The molecule has 160 valence electrons. The number of hydrogen-bond acceptors (Lipinski definition) is 8. The second kappa shape index (κ2) is 8.36. The lowest BCUT2D eigenvalue weighted by Crippen LogP contribution is -2.24. The Morgan fingerprint density at radius 2 is 1.97 bits per heavy atom. The molecule has 4 N–H and O–H groups in total. The largest absolute Gasteiger partial charge is 0.394 e. The van der Waals surface area contributed by atoms with Crippen molar-refractivity contribution in [2.45, 2.75) is 24.9 Å². The van der Waals surface area contributed by atoms with Gasteiger partial charge in [-0.05, 0) is 30.2 Å². The van der Waals surface area contributed by atoms with E-state index in [2.05, 4.69) is 31.8 Å². The third-order valence-electron chi connectivity index (χ3n) is 5.33. The fourth-order valence-corrected chi connectivity index (χ4v) is 3.77. The molecule has 0 unspecified atom stereocenters. The number of anilines is 1. The number of pyridine rings is 2. The summed E-state index contributed by atoms with van der Waals surface area (Å²) in [5, 5.41) is 20.1. The standard InChI is InChI=1S/C23H20N6O3/c24-22-21-14(7-8-15-4-3-6-17(28-15)16-5-1-2-9-25-16)11-29(23(21)27-13-26-22)20-10-18(31)19(12-30)32-20/h1-6,9,11,13,18-20,30-31H,10,12H2,(H2,24,26,27)/t18-,19+,20+/m0/s1. The highest BCUT2D eigenvalue weighted by Gasteiger charge is 2.35. The van der Waals surface area contributed by atoms with Gasteiger partial charge in [0.05, 0.1) is 35.0 Å². The summed E-state index contributed by atoms with van der Waals surface area (Å²) >= 11 is 0. The SMILES string of the molecule is Nc1ncnc2c1c(C#Cc1cccc(-c3ccccn3)n1)cn2[C@H]1C[C@H](O)[C@@H](CO)O1. The fourth-order valence-electron chi connectivity index (χ4n) is 3.77. The van der Waals surface area contributed by atoms with Gasteiger partial charge in [-0.3, -0.25) is 4.98 Å². The van der Waals surface area contributed by atoms with Crippen molar-refractivity contribution in [2.24, 2.45) is 0 Å². The Kier molecular flexibility index (Phi) is 5.25. The van der Waals surface area contributed by atoms with Gasteiger partial charge in [0.2, 0.25) is 0 Å². The normalized spacial score (nSPS) is 20.2. The molecule has 0 bridgehead atoms. The first-order chi connectivity index (χ1) is 15.6. The number of aliphatic hydroxyl groups excluding tert-OH is 2. The number of hydrogen-bond donors (Lipinski definition) is 3. The molecule has 1 aliphatic rings. The molecule has 4 aromatic rings. The molecule has 4 aromatic heterocycles. The van der Waals surface area contributed by atoms with Gasteiger partial charge >= 0.3 is 0 Å². The second-order valence-corrected chi connectivity index (χ2v) is 7.40. The van der Waals surface area contributed by atoms with Gasteiger partial charge in [-0.15, -0.1) is 0 Å². The summed E-state index contributed by atoms with van der Waals surface area (Å²) in [6.45, 7) is -0.265. The van der Waals surface area contributed by atoms with Crippen LogP contribution in [-0.4, -0.2) is 53.5 Å². The van der Waals surface area contributed by atoms with Crippen molar-refractivity contribution in [3.8, 4) is 23.2 Å². The van der Waals surface area contributed by atoms with Crippen LogP contribution < -0.4 is 5.73 Å². The van der Waals surface area contributed by atoms with Crippen LogP contribution in [0.15, 0.2) is 55.1 Å². The average molecular weight is 428 g/mol. The van der Waals surface area contributed by atoms with E-state index in [1.54, 1.807) is 17.0 Å². The molecule has 1 aliphatic heterocycles. The molecule has 1 fully saturated rings. The lowest BCUT2D eigenvalue weighted by molar-refractivity contribution is -0.0430. The Labute approximate surface area is 183 Å². The Balaban J connectivity index is 1.54. The minimum atomic E-state index is -0.769. The molecule has 3 atom stereocenters. The summed E-state index contributed by atoms with van der Waals surface area (Å²) < 4.78 is 7.56. The Morgan fingerprint density at radius 1 is 1.09 bits per heavy atom. The predicted molar refractivity (Wildman–Crippen MR) is 117 cm³/mol. The molecule has 0 saturated carbocycles. The molecule has 0 radical (unpaired) electrons. The van der Waals surface area contributed by atoms with Crippen LogP contribution >= 0.6 is 0 Å². The summed E-state index contributed by atoms with van der Waals surface area (Å²) in [5.41, 5.74) is 9.37. The van der Waals surface area contributed by atoms with Gasteiger partial charge in [0.15, 0.2) is 0 Å². The molecule has 5 heterocycles. The number of aromatic nitrogens is 5. The molecule has 5 rings (SSSR count). The molecule has 0 amide bonds. The Bertz CT molecular complexity index is 1330. The monoisotopic (exact) mass is 428 g/mol. The van der Waals surface area contributed by atoms with Crippen LogP contribution in [-0.2, 0) is 4.74 Å². The summed E-state index contributed by atoms with van der Waals surface area (Å²) in [6.07, 6.45) is 3.27. The molecular weight excluding hydrogens is 408 g/mol. The van der Waals surface area contributed by atoms with E-state index in [4.69, 9.17) is 10.5 Å². The molecular formula is C23H20N6O3. The Hall–Kier alpha value is -3.84. The fraction of sp³-hybridized carbons (Fsp3) is 0.217. The summed E-state index contributed by atoms with van der Waals surface area (Å²) in [6, 6.07) is 11.2. The number of ether oxygens (including phenoxy) is 1. The van der Waals surface area contributed by atoms with Crippen LogP contribution in [0.5, 0.6) is 0 Å². The van der Waals surface area contributed by atoms with Gasteiger partial charge in [0.1, 0.15) is 35.8 Å². The van der Waals surface area contributed by atoms with Gasteiger partial charge < -0.3 is 25.3 Å². The van der Waals surface area contributed by atoms with Crippen LogP contribution in [0.4, 0.5) is 5.82 Å². The van der Waals surface area contributed by atoms with Crippen LogP contribution in [0.25, 0.3) is 22.4 Å².